The Morgan fingerprint density at radius 2 is 2.20 bits per heavy atom. The van der Waals surface area contributed by atoms with Gasteiger partial charge in [0.2, 0.25) is 0 Å². The molecule has 0 aliphatic rings. The summed E-state index contributed by atoms with van der Waals surface area (Å²) < 4.78 is 0. The van der Waals surface area contributed by atoms with E-state index in [0.717, 1.165) is 13.0 Å². The Kier molecular flexibility index (Phi) is 6.18. The van der Waals surface area contributed by atoms with Gasteiger partial charge in [-0.05, 0) is 13.0 Å². The van der Waals surface area contributed by atoms with E-state index in [4.69, 9.17) is 5.73 Å². The molecule has 0 aromatic rings. The van der Waals surface area contributed by atoms with Crippen molar-refractivity contribution in [2.75, 3.05) is 13.1 Å². The average Bonchev–Trinajstić information content (AvgIpc) is 1.87. The van der Waals surface area contributed by atoms with Crippen molar-refractivity contribution in [3.8, 4) is 0 Å². The Bertz CT molecular complexity index is 93.6. The van der Waals surface area contributed by atoms with E-state index in [-0.39, 0.29) is 6.54 Å². The van der Waals surface area contributed by atoms with Gasteiger partial charge in [-0.15, -0.1) is 0 Å². The van der Waals surface area contributed by atoms with Crippen LogP contribution >= 0.6 is 0 Å². The first-order valence-corrected chi connectivity index (χ1v) is 3.72. The summed E-state index contributed by atoms with van der Waals surface area (Å²) in [5, 5.41) is 2.88. The van der Waals surface area contributed by atoms with Crippen molar-refractivity contribution in [3.05, 3.63) is 0 Å². The third-order valence-corrected chi connectivity index (χ3v) is 1.24. The summed E-state index contributed by atoms with van der Waals surface area (Å²) in [6.07, 6.45) is 3.49. The molecule has 3 nitrogen and oxygen atoms in total. The third kappa shape index (κ3) is 7.43. The molecule has 1 amide bonds. The summed E-state index contributed by atoms with van der Waals surface area (Å²) in [4.78, 5) is 10.1. The van der Waals surface area contributed by atoms with E-state index in [1.54, 1.807) is 0 Å². The number of hydrogen-bond donors (Lipinski definition) is 1. The Morgan fingerprint density at radius 1 is 1.50 bits per heavy atom. The molecule has 0 saturated heterocycles. The van der Waals surface area contributed by atoms with Crippen molar-refractivity contribution in [1.29, 1.82) is 0 Å². The Morgan fingerprint density at radius 3 is 2.70 bits per heavy atom. The second-order valence-electron chi connectivity index (χ2n) is 2.31. The highest BCUT2D eigenvalue weighted by atomic mass is 16.1. The zero-order valence-corrected chi connectivity index (χ0v) is 6.44. The van der Waals surface area contributed by atoms with Gasteiger partial charge in [0, 0.05) is 0 Å². The van der Waals surface area contributed by atoms with Crippen molar-refractivity contribution in [2.24, 2.45) is 0 Å². The van der Waals surface area contributed by atoms with Crippen LogP contribution in [0.25, 0.3) is 0 Å². The van der Waals surface area contributed by atoms with Gasteiger partial charge in [-0.1, -0.05) is 19.8 Å². The van der Waals surface area contributed by atoms with Crippen molar-refractivity contribution < 1.29 is 4.79 Å². The van der Waals surface area contributed by atoms with Gasteiger partial charge in [0.05, 0.1) is 6.54 Å². The number of unbranched alkanes of at least 4 members (excludes halogenated alkanes) is 2. The zero-order valence-electron chi connectivity index (χ0n) is 6.44. The van der Waals surface area contributed by atoms with Gasteiger partial charge in [-0.3, -0.25) is 10.5 Å². The van der Waals surface area contributed by atoms with Crippen LogP contribution in [0.2, 0.25) is 0 Å². The molecule has 0 aliphatic heterocycles. The van der Waals surface area contributed by atoms with Gasteiger partial charge in [-0.25, -0.2) is 0 Å². The standard InChI is InChI=1S/C7H15N2O/c1-2-3-4-5-9-6-7(8)10/h8-9H,2-6H2,1H3. The number of amides is 1. The fourth-order valence-corrected chi connectivity index (χ4v) is 0.702. The summed E-state index contributed by atoms with van der Waals surface area (Å²) in [7, 11) is 0. The fraction of sp³-hybridized carbons (Fsp3) is 0.857. The van der Waals surface area contributed by atoms with Crippen LogP contribution in [0.3, 0.4) is 0 Å². The van der Waals surface area contributed by atoms with Crippen LogP contribution in [-0.4, -0.2) is 19.0 Å². The number of carbonyl (C=O) groups excluding carboxylic acids is 1. The van der Waals surface area contributed by atoms with Crippen LogP contribution < -0.4 is 11.1 Å². The largest absolute Gasteiger partial charge is 0.308 e. The summed E-state index contributed by atoms with van der Waals surface area (Å²) in [6, 6.07) is 0. The topological polar surface area (TPSA) is 52.9 Å². The lowest BCUT2D eigenvalue weighted by Gasteiger charge is -1.98. The lowest BCUT2D eigenvalue weighted by Crippen LogP contribution is -2.24. The molecule has 0 aromatic heterocycles. The van der Waals surface area contributed by atoms with Crippen LogP contribution in [0.4, 0.5) is 0 Å². The van der Waals surface area contributed by atoms with Gasteiger partial charge in [0.25, 0.3) is 5.91 Å². The van der Waals surface area contributed by atoms with Crippen LogP contribution in [0.5, 0.6) is 0 Å². The van der Waals surface area contributed by atoms with Gasteiger partial charge in [-0.2, -0.15) is 0 Å². The van der Waals surface area contributed by atoms with E-state index < -0.39 is 5.91 Å². The minimum atomic E-state index is -0.531. The van der Waals surface area contributed by atoms with E-state index in [1.807, 2.05) is 0 Å². The molecule has 0 spiro atoms. The average molecular weight is 143 g/mol. The molecule has 0 bridgehead atoms. The van der Waals surface area contributed by atoms with E-state index in [2.05, 4.69) is 12.2 Å². The van der Waals surface area contributed by atoms with Crippen molar-refractivity contribution in [3.63, 3.8) is 0 Å². The quantitative estimate of drug-likeness (QED) is 0.553. The molecular formula is C7H15N2O. The van der Waals surface area contributed by atoms with E-state index >= 15 is 0 Å². The lowest BCUT2D eigenvalue weighted by atomic mass is 10.2. The third-order valence-electron chi connectivity index (χ3n) is 1.24. The lowest BCUT2D eigenvalue weighted by molar-refractivity contribution is -0.117. The number of nitrogens with one attached hydrogen (secondary N) is 2. The highest BCUT2D eigenvalue weighted by molar-refractivity contribution is 5.75. The van der Waals surface area contributed by atoms with E-state index in [1.165, 1.54) is 12.8 Å². The minimum absolute atomic E-state index is 0.198. The second-order valence-corrected chi connectivity index (χ2v) is 2.31. The molecule has 0 atom stereocenters. The molecule has 0 fully saturated rings. The zero-order chi connectivity index (χ0) is 7.82. The fourth-order valence-electron chi connectivity index (χ4n) is 0.702. The summed E-state index contributed by atoms with van der Waals surface area (Å²) in [5.74, 6) is -0.531. The highest BCUT2D eigenvalue weighted by Gasteiger charge is 1.91. The molecule has 2 N–H and O–H groups in total. The molecule has 0 rings (SSSR count). The molecule has 0 aromatic carbocycles. The number of carbonyl (C=O) groups is 1. The predicted octanol–water partition coefficient (Wildman–Crippen LogP) is 0.576. The first-order chi connectivity index (χ1) is 4.77. The smallest absolute Gasteiger partial charge is 0.252 e. The van der Waals surface area contributed by atoms with Gasteiger partial charge in [0.15, 0.2) is 0 Å². The van der Waals surface area contributed by atoms with Crippen LogP contribution in [-0.2, 0) is 4.79 Å². The van der Waals surface area contributed by atoms with Crippen LogP contribution in [0.1, 0.15) is 26.2 Å². The minimum Gasteiger partial charge on any atom is -0.308 e. The Hall–Kier alpha value is -0.570. The Balaban J connectivity index is 2.84. The summed E-state index contributed by atoms with van der Waals surface area (Å²) in [5.41, 5.74) is 6.56. The second kappa shape index (κ2) is 6.55. The number of hydrogen-bond acceptors (Lipinski definition) is 2. The normalized spacial score (nSPS) is 9.70. The van der Waals surface area contributed by atoms with Crippen LogP contribution in [0.15, 0.2) is 0 Å². The molecule has 0 unspecified atom stereocenters. The summed E-state index contributed by atoms with van der Waals surface area (Å²) >= 11 is 0. The van der Waals surface area contributed by atoms with Crippen molar-refractivity contribution in [1.82, 2.24) is 11.1 Å². The molecule has 3 heteroatoms. The maximum Gasteiger partial charge on any atom is 0.252 e. The van der Waals surface area contributed by atoms with Gasteiger partial charge < -0.3 is 5.32 Å². The molecule has 1 radical (unpaired) electrons. The summed E-state index contributed by atoms with van der Waals surface area (Å²) in [6.45, 7) is 3.19. The predicted molar refractivity (Wildman–Crippen MR) is 40.5 cm³/mol. The molecule has 0 aliphatic carbocycles. The van der Waals surface area contributed by atoms with Crippen molar-refractivity contribution in [2.45, 2.75) is 26.2 Å². The monoisotopic (exact) mass is 143 g/mol. The number of rotatable bonds is 6. The Labute approximate surface area is 62.0 Å². The molecular weight excluding hydrogens is 128 g/mol. The first kappa shape index (κ1) is 9.43. The molecule has 0 saturated carbocycles. The highest BCUT2D eigenvalue weighted by Crippen LogP contribution is 1.90. The first-order valence-electron chi connectivity index (χ1n) is 3.72. The van der Waals surface area contributed by atoms with Crippen molar-refractivity contribution >= 4 is 5.91 Å². The van der Waals surface area contributed by atoms with Crippen LogP contribution in [0, 0.1) is 0 Å². The maximum atomic E-state index is 10.1. The van der Waals surface area contributed by atoms with Gasteiger partial charge >= 0.3 is 0 Å². The van der Waals surface area contributed by atoms with Gasteiger partial charge in [0.1, 0.15) is 0 Å². The molecule has 59 valence electrons. The maximum absolute atomic E-state index is 10.1. The molecule has 10 heavy (non-hydrogen) atoms. The van der Waals surface area contributed by atoms with E-state index in [9.17, 15) is 4.79 Å². The van der Waals surface area contributed by atoms with E-state index in [0.29, 0.717) is 0 Å². The molecule has 0 heterocycles. The SMILES string of the molecule is CCCCCNCC([NH])=O.